The van der Waals surface area contributed by atoms with E-state index in [0.29, 0.717) is 13.0 Å². The largest absolute Gasteiger partial charge is 0.466 e. The van der Waals surface area contributed by atoms with Gasteiger partial charge in [-0.3, -0.25) is 4.79 Å². The molecule has 3 aromatic rings. The van der Waals surface area contributed by atoms with Crippen LogP contribution >= 0.6 is 61.7 Å². The first-order chi connectivity index (χ1) is 11.7. The first-order valence-corrected chi connectivity index (χ1v) is 11.6. The predicted octanol–water partition coefficient (Wildman–Crippen LogP) is 7.01. The second-order valence-corrected chi connectivity index (χ2v) is 10.8. The molecule has 0 fully saturated rings. The van der Waals surface area contributed by atoms with Gasteiger partial charge in [-0.15, -0.1) is 45.8 Å². The summed E-state index contributed by atoms with van der Waals surface area (Å²) in [7, 11) is 0. The molecule has 3 heterocycles. The van der Waals surface area contributed by atoms with Crippen LogP contribution < -0.4 is 0 Å². The Morgan fingerprint density at radius 1 is 1.00 bits per heavy atom. The third-order valence-electron chi connectivity index (χ3n) is 3.10. The number of carbonyl (C=O) groups is 1. The van der Waals surface area contributed by atoms with Gasteiger partial charge in [0, 0.05) is 25.3 Å². The van der Waals surface area contributed by atoms with Crippen LogP contribution in [0.15, 0.2) is 44.4 Å². The number of hydrogen-bond donors (Lipinski definition) is 0. The van der Waals surface area contributed by atoms with E-state index in [1.807, 2.05) is 18.3 Å². The van der Waals surface area contributed by atoms with Crippen LogP contribution in [0.4, 0.5) is 0 Å². The van der Waals surface area contributed by atoms with E-state index in [9.17, 15) is 4.79 Å². The molecule has 0 atom stereocenters. The zero-order chi connectivity index (χ0) is 16.9. The van der Waals surface area contributed by atoms with Crippen molar-refractivity contribution in [3.8, 4) is 19.5 Å². The minimum Gasteiger partial charge on any atom is -0.466 e. The van der Waals surface area contributed by atoms with Crippen LogP contribution in [0, 0.1) is 0 Å². The second-order valence-electron chi connectivity index (χ2n) is 4.79. The summed E-state index contributed by atoms with van der Waals surface area (Å²) in [6.07, 6.45) is 0.460. The van der Waals surface area contributed by atoms with Gasteiger partial charge in [0.1, 0.15) is 0 Å². The SMILES string of the molecule is CCOC(=O)CCSc1ccc(-c2ccc(-c3ccc(Br)s3)s2)s1. The van der Waals surface area contributed by atoms with E-state index in [2.05, 4.69) is 52.3 Å². The fourth-order valence-electron chi connectivity index (χ4n) is 2.05. The topological polar surface area (TPSA) is 26.3 Å². The van der Waals surface area contributed by atoms with Crippen molar-refractivity contribution in [3.63, 3.8) is 0 Å². The summed E-state index contributed by atoms with van der Waals surface area (Å²) in [5.41, 5.74) is 0. The van der Waals surface area contributed by atoms with E-state index < -0.39 is 0 Å². The molecule has 0 radical (unpaired) electrons. The van der Waals surface area contributed by atoms with Gasteiger partial charge in [-0.2, -0.15) is 0 Å². The van der Waals surface area contributed by atoms with Crippen molar-refractivity contribution < 1.29 is 9.53 Å². The number of carbonyl (C=O) groups excluding carboxylic acids is 1. The molecule has 0 saturated heterocycles. The molecule has 3 aromatic heterocycles. The highest BCUT2D eigenvalue weighted by Crippen LogP contribution is 2.42. The molecule has 0 aliphatic heterocycles. The first-order valence-electron chi connectivity index (χ1n) is 7.40. The summed E-state index contributed by atoms with van der Waals surface area (Å²) in [5, 5.41) is 0. The van der Waals surface area contributed by atoms with E-state index >= 15 is 0 Å². The molecule has 0 amide bonds. The number of hydrogen-bond acceptors (Lipinski definition) is 6. The molecule has 0 aliphatic rings. The Balaban J connectivity index is 1.61. The monoisotopic (exact) mass is 458 g/mol. The van der Waals surface area contributed by atoms with Crippen LogP contribution in [-0.4, -0.2) is 18.3 Å². The molecule has 0 bridgehead atoms. The molecule has 0 aromatic carbocycles. The maximum absolute atomic E-state index is 11.4. The molecule has 3 rings (SSSR count). The lowest BCUT2D eigenvalue weighted by molar-refractivity contribution is -0.142. The number of thioether (sulfide) groups is 1. The maximum atomic E-state index is 11.4. The number of halogens is 1. The van der Waals surface area contributed by atoms with E-state index in [0.717, 1.165) is 9.54 Å². The van der Waals surface area contributed by atoms with Crippen molar-refractivity contribution in [3.05, 3.63) is 40.2 Å². The first kappa shape index (κ1) is 18.2. The summed E-state index contributed by atoms with van der Waals surface area (Å²) < 4.78 is 7.35. The Labute approximate surface area is 166 Å². The maximum Gasteiger partial charge on any atom is 0.306 e. The minimum atomic E-state index is -0.119. The fraction of sp³-hybridized carbons (Fsp3) is 0.235. The van der Waals surface area contributed by atoms with Crippen LogP contribution in [0.25, 0.3) is 19.5 Å². The number of thiophene rings is 3. The molecule has 126 valence electrons. The lowest BCUT2D eigenvalue weighted by Gasteiger charge is -2.00. The molecule has 0 unspecified atom stereocenters. The van der Waals surface area contributed by atoms with Crippen LogP contribution in [0.3, 0.4) is 0 Å². The highest BCUT2D eigenvalue weighted by atomic mass is 79.9. The fourth-order valence-corrected chi connectivity index (χ4v) is 6.75. The Hall–Kier alpha value is -0.600. The third kappa shape index (κ3) is 4.73. The van der Waals surface area contributed by atoms with E-state index in [1.54, 1.807) is 34.4 Å². The lowest BCUT2D eigenvalue weighted by atomic mass is 10.3. The average molecular weight is 459 g/mol. The Morgan fingerprint density at radius 2 is 1.62 bits per heavy atom. The quantitative estimate of drug-likeness (QED) is 0.281. The lowest BCUT2D eigenvalue weighted by Crippen LogP contribution is -2.04. The molecule has 0 spiro atoms. The highest BCUT2D eigenvalue weighted by Gasteiger charge is 2.10. The van der Waals surface area contributed by atoms with Crippen molar-refractivity contribution >= 4 is 67.7 Å². The average Bonchev–Trinajstić information content (AvgIpc) is 3.26. The number of ether oxygens (including phenoxy) is 1. The van der Waals surface area contributed by atoms with Gasteiger partial charge in [0.15, 0.2) is 0 Å². The van der Waals surface area contributed by atoms with Crippen molar-refractivity contribution in [2.45, 2.75) is 17.6 Å². The van der Waals surface area contributed by atoms with Gasteiger partial charge in [0.25, 0.3) is 0 Å². The van der Waals surface area contributed by atoms with Crippen molar-refractivity contribution in [1.29, 1.82) is 0 Å². The molecule has 7 heteroatoms. The number of esters is 1. The molecule has 24 heavy (non-hydrogen) atoms. The summed E-state index contributed by atoms with van der Waals surface area (Å²) in [6.45, 7) is 2.29. The van der Waals surface area contributed by atoms with Gasteiger partial charge in [-0.05, 0) is 59.3 Å². The van der Waals surface area contributed by atoms with Crippen molar-refractivity contribution in [1.82, 2.24) is 0 Å². The van der Waals surface area contributed by atoms with Gasteiger partial charge in [0.2, 0.25) is 0 Å². The van der Waals surface area contributed by atoms with Gasteiger partial charge >= 0.3 is 5.97 Å². The summed E-state index contributed by atoms with van der Waals surface area (Å²) in [4.78, 5) is 16.5. The Kier molecular flexibility index (Phi) is 6.57. The van der Waals surface area contributed by atoms with Crippen molar-refractivity contribution in [2.75, 3.05) is 12.4 Å². The van der Waals surface area contributed by atoms with Crippen LogP contribution in [0.2, 0.25) is 0 Å². The molecule has 0 N–H and O–H groups in total. The van der Waals surface area contributed by atoms with E-state index in [1.165, 1.54) is 23.7 Å². The van der Waals surface area contributed by atoms with Gasteiger partial charge in [0.05, 0.1) is 21.0 Å². The standard InChI is InChI=1S/C17H15BrO2S4/c1-2-20-16(19)9-10-21-17-8-6-14(24-17)12-4-3-11(22-12)13-5-7-15(18)23-13/h3-8H,2,9-10H2,1H3. The molecule has 2 nitrogen and oxygen atoms in total. The molecule has 0 saturated carbocycles. The summed E-state index contributed by atoms with van der Waals surface area (Å²) in [5.74, 6) is 0.643. The summed E-state index contributed by atoms with van der Waals surface area (Å²) >= 11 is 10.6. The van der Waals surface area contributed by atoms with Gasteiger partial charge in [-0.25, -0.2) is 0 Å². The Morgan fingerprint density at radius 3 is 2.29 bits per heavy atom. The zero-order valence-electron chi connectivity index (χ0n) is 12.9. The Bertz CT molecular complexity index is 818. The number of rotatable bonds is 7. The summed E-state index contributed by atoms with van der Waals surface area (Å²) in [6, 6.07) is 12.9. The molecule has 0 aliphatic carbocycles. The smallest absolute Gasteiger partial charge is 0.306 e. The van der Waals surface area contributed by atoms with Crippen molar-refractivity contribution in [2.24, 2.45) is 0 Å². The predicted molar refractivity (Wildman–Crippen MR) is 111 cm³/mol. The minimum absolute atomic E-state index is 0.119. The normalized spacial score (nSPS) is 10.9. The molecular weight excluding hydrogens is 444 g/mol. The molecular formula is C17H15BrO2S4. The van der Waals surface area contributed by atoms with E-state index in [-0.39, 0.29) is 5.97 Å². The van der Waals surface area contributed by atoms with Gasteiger partial charge < -0.3 is 4.74 Å². The van der Waals surface area contributed by atoms with Crippen LogP contribution in [0.1, 0.15) is 13.3 Å². The van der Waals surface area contributed by atoms with E-state index in [4.69, 9.17) is 4.74 Å². The van der Waals surface area contributed by atoms with Crippen LogP contribution in [0.5, 0.6) is 0 Å². The third-order valence-corrected chi connectivity index (χ3v) is 8.51. The van der Waals surface area contributed by atoms with Gasteiger partial charge in [-0.1, -0.05) is 0 Å². The van der Waals surface area contributed by atoms with Crippen LogP contribution in [-0.2, 0) is 9.53 Å². The zero-order valence-corrected chi connectivity index (χ0v) is 17.8. The highest BCUT2D eigenvalue weighted by molar-refractivity contribution is 9.11. The second kappa shape index (κ2) is 8.67.